The first-order chi connectivity index (χ1) is 8.85. The van der Waals surface area contributed by atoms with Gasteiger partial charge in [-0.2, -0.15) is 0 Å². The van der Waals surface area contributed by atoms with E-state index in [-0.39, 0.29) is 29.3 Å². The molecule has 0 unspecified atom stereocenters. The minimum Gasteiger partial charge on any atom is -0.469 e. The van der Waals surface area contributed by atoms with E-state index >= 15 is 0 Å². The molecule has 0 aromatic heterocycles. The summed E-state index contributed by atoms with van der Waals surface area (Å²) in [5, 5.41) is -0.0310. The third kappa shape index (κ3) is 5.04. The number of carbonyl (C=O) groups excluding carboxylic acids is 1. The molecule has 0 fully saturated rings. The number of benzene rings is 1. The summed E-state index contributed by atoms with van der Waals surface area (Å²) < 4.78 is 43.2. The Morgan fingerprint density at radius 3 is 2.74 bits per heavy atom. The van der Waals surface area contributed by atoms with Crippen molar-refractivity contribution in [2.45, 2.75) is 12.8 Å². The van der Waals surface area contributed by atoms with Gasteiger partial charge in [0.05, 0.1) is 17.9 Å². The molecule has 1 rings (SSSR count). The second kappa shape index (κ2) is 6.72. The molecule has 8 heteroatoms. The largest absolute Gasteiger partial charge is 0.469 e. The van der Waals surface area contributed by atoms with Crippen molar-refractivity contribution in [3.05, 3.63) is 29.0 Å². The molecule has 0 aliphatic rings. The Balaban J connectivity index is 2.67. The zero-order valence-corrected chi connectivity index (χ0v) is 11.7. The Morgan fingerprint density at radius 2 is 2.16 bits per heavy atom. The van der Waals surface area contributed by atoms with Crippen LogP contribution in [0.3, 0.4) is 0 Å². The molecule has 0 heterocycles. The topological polar surface area (TPSA) is 72.5 Å². The quantitative estimate of drug-likeness (QED) is 0.817. The average Bonchev–Trinajstić information content (AvgIpc) is 2.33. The van der Waals surface area contributed by atoms with Crippen LogP contribution in [0.5, 0.6) is 0 Å². The van der Waals surface area contributed by atoms with Gasteiger partial charge in [-0.05, 0) is 18.6 Å². The number of halogens is 2. The van der Waals surface area contributed by atoms with Gasteiger partial charge in [-0.1, -0.05) is 17.7 Å². The first-order valence-electron chi connectivity index (χ1n) is 5.37. The van der Waals surface area contributed by atoms with Crippen LogP contribution in [-0.2, 0) is 19.6 Å². The highest BCUT2D eigenvalue weighted by atomic mass is 35.5. The van der Waals surface area contributed by atoms with E-state index in [4.69, 9.17) is 11.6 Å². The van der Waals surface area contributed by atoms with E-state index in [0.717, 1.165) is 6.07 Å². The lowest BCUT2D eigenvalue weighted by Gasteiger charge is -2.10. The predicted molar refractivity (Wildman–Crippen MR) is 70.1 cm³/mol. The summed E-state index contributed by atoms with van der Waals surface area (Å²) in [6, 6.07) is 3.84. The van der Waals surface area contributed by atoms with Gasteiger partial charge in [-0.25, -0.2) is 12.8 Å². The van der Waals surface area contributed by atoms with Crippen LogP contribution in [0, 0.1) is 5.82 Å². The Hall–Kier alpha value is -1.34. The normalized spacial score (nSPS) is 11.1. The summed E-state index contributed by atoms with van der Waals surface area (Å²) in [6.45, 7) is 0. The highest BCUT2D eigenvalue weighted by Gasteiger charge is 2.16. The van der Waals surface area contributed by atoms with Gasteiger partial charge < -0.3 is 4.74 Å². The van der Waals surface area contributed by atoms with Crippen molar-refractivity contribution in [3.8, 4) is 0 Å². The fourth-order valence-electron chi connectivity index (χ4n) is 1.31. The van der Waals surface area contributed by atoms with Gasteiger partial charge in [0, 0.05) is 6.42 Å². The minimum absolute atomic E-state index is 0.0254. The van der Waals surface area contributed by atoms with Crippen LogP contribution in [0.2, 0.25) is 5.02 Å². The predicted octanol–water partition coefficient (Wildman–Crippen LogP) is 2.17. The molecular formula is C11H13ClFNO4S. The number of para-hydroxylation sites is 1. The summed E-state index contributed by atoms with van der Waals surface area (Å²) >= 11 is 5.70. The molecule has 0 atom stereocenters. The van der Waals surface area contributed by atoms with Gasteiger partial charge >= 0.3 is 5.97 Å². The van der Waals surface area contributed by atoms with Gasteiger partial charge in [0.15, 0.2) is 0 Å². The maximum atomic E-state index is 13.4. The molecular weight excluding hydrogens is 297 g/mol. The van der Waals surface area contributed by atoms with Gasteiger partial charge in [0.25, 0.3) is 0 Å². The van der Waals surface area contributed by atoms with Crippen LogP contribution >= 0.6 is 11.6 Å². The zero-order chi connectivity index (χ0) is 14.5. The van der Waals surface area contributed by atoms with E-state index in [1.165, 1.54) is 19.2 Å². The summed E-state index contributed by atoms with van der Waals surface area (Å²) in [7, 11) is -2.55. The smallest absolute Gasteiger partial charge is 0.305 e. The summed E-state index contributed by atoms with van der Waals surface area (Å²) in [6.07, 6.45) is 0.0521. The third-order valence-corrected chi connectivity index (χ3v) is 3.90. The highest BCUT2D eigenvalue weighted by Crippen LogP contribution is 2.25. The molecule has 106 valence electrons. The molecule has 0 spiro atoms. The van der Waals surface area contributed by atoms with Gasteiger partial charge in [-0.15, -0.1) is 0 Å². The number of nitrogens with one attached hydrogen (secondary N) is 1. The fourth-order valence-corrected chi connectivity index (χ4v) is 2.72. The Bertz CT molecular complexity index is 542. The van der Waals surface area contributed by atoms with E-state index in [2.05, 4.69) is 9.46 Å². The fraction of sp³-hybridized carbons (Fsp3) is 0.364. The van der Waals surface area contributed by atoms with Crippen LogP contribution in [0.15, 0.2) is 18.2 Å². The summed E-state index contributed by atoms with van der Waals surface area (Å²) in [4.78, 5) is 10.8. The molecule has 0 amide bonds. The monoisotopic (exact) mass is 309 g/mol. The van der Waals surface area contributed by atoms with Crippen molar-refractivity contribution in [1.82, 2.24) is 0 Å². The van der Waals surface area contributed by atoms with Gasteiger partial charge in [0.2, 0.25) is 10.0 Å². The lowest BCUT2D eigenvalue weighted by Crippen LogP contribution is -2.18. The lowest BCUT2D eigenvalue weighted by atomic mass is 10.3. The first-order valence-corrected chi connectivity index (χ1v) is 7.40. The molecule has 0 aliphatic heterocycles. The minimum atomic E-state index is -3.77. The Kier molecular flexibility index (Phi) is 5.56. The van der Waals surface area contributed by atoms with E-state index in [0.29, 0.717) is 0 Å². The Morgan fingerprint density at radius 1 is 1.47 bits per heavy atom. The number of rotatable bonds is 6. The molecule has 5 nitrogen and oxygen atoms in total. The number of anilines is 1. The van der Waals surface area contributed by atoms with Crippen molar-refractivity contribution in [1.29, 1.82) is 0 Å². The van der Waals surface area contributed by atoms with E-state index in [1.54, 1.807) is 0 Å². The van der Waals surface area contributed by atoms with Gasteiger partial charge in [0.1, 0.15) is 11.5 Å². The van der Waals surface area contributed by atoms with Crippen LogP contribution in [0.4, 0.5) is 10.1 Å². The molecule has 1 N–H and O–H groups in total. The van der Waals surface area contributed by atoms with Crippen LogP contribution < -0.4 is 4.72 Å². The Labute approximate surface area is 115 Å². The van der Waals surface area contributed by atoms with E-state index in [1.807, 2.05) is 0 Å². The molecule has 19 heavy (non-hydrogen) atoms. The molecule has 0 radical (unpaired) electrons. The number of methoxy groups -OCH3 is 1. The summed E-state index contributed by atoms with van der Waals surface area (Å²) in [5.41, 5.74) is -0.290. The van der Waals surface area contributed by atoms with Crippen LogP contribution in [-0.4, -0.2) is 27.2 Å². The summed E-state index contributed by atoms with van der Waals surface area (Å²) in [5.74, 6) is -1.59. The molecule has 0 saturated heterocycles. The van der Waals surface area contributed by atoms with Crippen LogP contribution in [0.25, 0.3) is 0 Å². The van der Waals surface area contributed by atoms with Gasteiger partial charge in [-0.3, -0.25) is 9.52 Å². The molecule has 1 aromatic rings. The molecule has 0 saturated carbocycles. The SMILES string of the molecule is COC(=O)CCCS(=O)(=O)Nc1c(F)cccc1Cl. The van der Waals surface area contributed by atoms with E-state index in [9.17, 15) is 17.6 Å². The average molecular weight is 310 g/mol. The number of hydrogen-bond donors (Lipinski definition) is 1. The van der Waals surface area contributed by atoms with Crippen molar-refractivity contribution in [2.75, 3.05) is 17.6 Å². The number of carbonyl (C=O) groups is 1. The number of hydrogen-bond acceptors (Lipinski definition) is 4. The maximum Gasteiger partial charge on any atom is 0.305 e. The maximum absolute atomic E-state index is 13.4. The second-order valence-electron chi connectivity index (χ2n) is 3.70. The van der Waals surface area contributed by atoms with Crippen molar-refractivity contribution < 1.29 is 22.3 Å². The van der Waals surface area contributed by atoms with Crippen molar-refractivity contribution in [2.24, 2.45) is 0 Å². The highest BCUT2D eigenvalue weighted by molar-refractivity contribution is 7.92. The van der Waals surface area contributed by atoms with Crippen molar-refractivity contribution >= 4 is 33.3 Å². The molecule has 0 bridgehead atoms. The van der Waals surface area contributed by atoms with Crippen molar-refractivity contribution in [3.63, 3.8) is 0 Å². The number of ether oxygens (including phenoxy) is 1. The van der Waals surface area contributed by atoms with E-state index < -0.39 is 21.8 Å². The first kappa shape index (κ1) is 15.7. The standard InChI is InChI=1S/C11H13ClFNO4S/c1-18-10(15)6-3-7-19(16,17)14-11-8(12)4-2-5-9(11)13/h2,4-5,14H,3,6-7H2,1H3. The zero-order valence-electron chi connectivity index (χ0n) is 10.2. The molecule has 0 aliphatic carbocycles. The second-order valence-corrected chi connectivity index (χ2v) is 5.95. The number of sulfonamides is 1. The number of esters is 1. The third-order valence-electron chi connectivity index (χ3n) is 2.24. The van der Waals surface area contributed by atoms with Crippen LogP contribution in [0.1, 0.15) is 12.8 Å². The lowest BCUT2D eigenvalue weighted by molar-refractivity contribution is -0.140. The molecule has 1 aromatic carbocycles.